The molecular formula is C38H46F3N7O4. The first-order valence-electron chi connectivity index (χ1n) is 18.1. The van der Waals surface area contributed by atoms with Crippen LogP contribution < -0.4 is 15.4 Å². The van der Waals surface area contributed by atoms with Crippen molar-refractivity contribution >= 4 is 28.3 Å². The van der Waals surface area contributed by atoms with Gasteiger partial charge in [-0.05, 0) is 94.6 Å². The second-order valence-corrected chi connectivity index (χ2v) is 14.2. The molecular weight excluding hydrogens is 675 g/mol. The molecule has 6 rings (SSSR count). The van der Waals surface area contributed by atoms with Crippen molar-refractivity contribution in [1.29, 1.82) is 0 Å². The number of nitro benzene ring substituents is 1. The highest BCUT2D eigenvalue weighted by Gasteiger charge is 2.34. The van der Waals surface area contributed by atoms with Gasteiger partial charge in [0.05, 0.1) is 35.7 Å². The van der Waals surface area contributed by atoms with Crippen LogP contribution in [0.5, 0.6) is 5.75 Å². The Balaban J connectivity index is 1.12. The number of halogens is 3. The molecule has 11 nitrogen and oxygen atoms in total. The highest BCUT2D eigenvalue weighted by molar-refractivity contribution is 5.91. The summed E-state index contributed by atoms with van der Waals surface area (Å²) in [4.78, 5) is 37.7. The molecule has 0 spiro atoms. The minimum Gasteiger partial charge on any atom is -0.496 e. The van der Waals surface area contributed by atoms with E-state index in [0.29, 0.717) is 53.4 Å². The number of benzene rings is 2. The molecule has 1 aromatic heterocycles. The molecule has 3 aromatic rings. The van der Waals surface area contributed by atoms with Crippen molar-refractivity contribution in [3.8, 4) is 17.6 Å². The minimum absolute atomic E-state index is 0.0328. The molecule has 52 heavy (non-hydrogen) atoms. The van der Waals surface area contributed by atoms with Crippen LogP contribution in [0.25, 0.3) is 10.9 Å². The zero-order chi connectivity index (χ0) is 37.0. The van der Waals surface area contributed by atoms with Gasteiger partial charge in [0.25, 0.3) is 5.69 Å². The fourth-order valence-corrected chi connectivity index (χ4v) is 7.64. The number of carbonyl (C=O) groups excluding carboxylic acids is 1. The van der Waals surface area contributed by atoms with Gasteiger partial charge in [0.2, 0.25) is 5.91 Å². The van der Waals surface area contributed by atoms with Gasteiger partial charge >= 0.3 is 6.18 Å². The van der Waals surface area contributed by atoms with Crippen molar-refractivity contribution in [2.75, 3.05) is 58.2 Å². The molecule has 278 valence electrons. The van der Waals surface area contributed by atoms with Crippen molar-refractivity contribution in [3.63, 3.8) is 0 Å². The average Bonchev–Trinajstić information content (AvgIpc) is 3.14. The zero-order valence-electron chi connectivity index (χ0n) is 29.9. The van der Waals surface area contributed by atoms with Crippen molar-refractivity contribution in [3.05, 3.63) is 63.0 Å². The van der Waals surface area contributed by atoms with E-state index in [1.165, 1.54) is 0 Å². The van der Waals surface area contributed by atoms with E-state index in [0.717, 1.165) is 88.9 Å². The first-order valence-corrected chi connectivity index (χ1v) is 18.1. The summed E-state index contributed by atoms with van der Waals surface area (Å²) < 4.78 is 46.7. The highest BCUT2D eigenvalue weighted by atomic mass is 19.4. The third kappa shape index (κ3) is 8.75. The number of anilines is 1. The number of alkyl halides is 3. The normalized spacial score (nSPS) is 20.9. The Bertz CT molecular complexity index is 1840. The van der Waals surface area contributed by atoms with Crippen LogP contribution >= 0.6 is 0 Å². The molecule has 0 unspecified atom stereocenters. The first-order chi connectivity index (χ1) is 24.9. The Hall–Kier alpha value is -4.48. The van der Waals surface area contributed by atoms with E-state index in [1.54, 1.807) is 21.0 Å². The summed E-state index contributed by atoms with van der Waals surface area (Å²) in [6.07, 6.45) is 0.582. The smallest absolute Gasteiger partial charge is 0.416 e. The van der Waals surface area contributed by atoms with Crippen molar-refractivity contribution < 1.29 is 27.6 Å². The number of carbonyl (C=O) groups is 1. The van der Waals surface area contributed by atoms with Gasteiger partial charge in [-0.25, -0.2) is 9.97 Å². The van der Waals surface area contributed by atoms with Crippen LogP contribution in [-0.4, -0.2) is 83.5 Å². The molecule has 3 aliphatic rings. The lowest BCUT2D eigenvalue weighted by atomic mass is 9.77. The fraction of sp³-hybridized carbons (Fsp3) is 0.553. The minimum atomic E-state index is -4.75. The number of ether oxygens (including phenoxy) is 1. The highest BCUT2D eigenvalue weighted by Crippen LogP contribution is 2.43. The molecule has 3 heterocycles. The van der Waals surface area contributed by atoms with E-state index < -0.39 is 28.4 Å². The zero-order valence-corrected chi connectivity index (χ0v) is 29.9. The monoisotopic (exact) mass is 721 g/mol. The van der Waals surface area contributed by atoms with Crippen LogP contribution in [0.15, 0.2) is 30.3 Å². The summed E-state index contributed by atoms with van der Waals surface area (Å²) in [6.45, 7) is 9.27. The van der Waals surface area contributed by atoms with Gasteiger partial charge in [-0.2, -0.15) is 13.2 Å². The second kappa shape index (κ2) is 16.0. The summed E-state index contributed by atoms with van der Waals surface area (Å²) in [5.41, 5.74) is -0.0780. The third-order valence-electron chi connectivity index (χ3n) is 10.6. The number of nitro groups is 1. The number of piperazine rings is 1. The molecule has 0 radical (unpaired) electrons. The lowest BCUT2D eigenvalue weighted by molar-refractivity contribution is -0.385. The van der Waals surface area contributed by atoms with Crippen LogP contribution in [-0.2, 0) is 11.0 Å². The van der Waals surface area contributed by atoms with Crippen LogP contribution in [0.4, 0.5) is 24.7 Å². The van der Waals surface area contributed by atoms with Crippen LogP contribution in [0.2, 0.25) is 0 Å². The van der Waals surface area contributed by atoms with Gasteiger partial charge in [-0.15, -0.1) is 0 Å². The predicted octanol–water partition coefficient (Wildman–Crippen LogP) is 6.47. The maximum atomic E-state index is 13.6. The van der Waals surface area contributed by atoms with Gasteiger partial charge in [-0.1, -0.05) is 11.8 Å². The molecule has 2 aliphatic heterocycles. The van der Waals surface area contributed by atoms with Crippen molar-refractivity contribution in [2.45, 2.75) is 70.5 Å². The number of nitrogens with zero attached hydrogens (tertiary/aromatic N) is 5. The number of amides is 1. The summed E-state index contributed by atoms with van der Waals surface area (Å²) in [5.74, 6) is 9.12. The van der Waals surface area contributed by atoms with Crippen molar-refractivity contribution in [1.82, 2.24) is 25.1 Å². The molecule has 1 saturated carbocycles. The number of hydrogen-bond donors (Lipinski definition) is 2. The Morgan fingerprint density at radius 3 is 2.42 bits per heavy atom. The lowest BCUT2D eigenvalue weighted by Gasteiger charge is -2.37. The molecule has 3 fully saturated rings. The molecule has 1 aliphatic carbocycles. The number of piperidine rings is 1. The van der Waals surface area contributed by atoms with E-state index in [-0.39, 0.29) is 23.3 Å². The number of nitrogens with one attached hydrogen (secondary N) is 2. The molecule has 1 atom stereocenters. The number of aryl methyl sites for hydroxylation is 1. The van der Waals surface area contributed by atoms with Gasteiger partial charge in [0, 0.05) is 61.6 Å². The Morgan fingerprint density at radius 2 is 1.77 bits per heavy atom. The molecule has 2 N–H and O–H groups in total. The third-order valence-corrected chi connectivity index (χ3v) is 10.6. The largest absolute Gasteiger partial charge is 0.496 e. The maximum Gasteiger partial charge on any atom is 0.416 e. The van der Waals surface area contributed by atoms with Gasteiger partial charge in [0.15, 0.2) is 0 Å². The van der Waals surface area contributed by atoms with E-state index in [1.807, 2.05) is 17.0 Å². The van der Waals surface area contributed by atoms with Crippen LogP contribution in [0, 0.1) is 40.7 Å². The summed E-state index contributed by atoms with van der Waals surface area (Å²) in [5, 5.41) is 18.7. The van der Waals surface area contributed by atoms with E-state index in [9.17, 15) is 28.1 Å². The van der Waals surface area contributed by atoms with Gasteiger partial charge < -0.3 is 20.3 Å². The van der Waals surface area contributed by atoms with Crippen LogP contribution in [0.1, 0.15) is 79.9 Å². The number of fused-ring (bicyclic) bond motifs is 1. The number of methoxy groups -OCH3 is 1. The number of rotatable bonds is 8. The van der Waals surface area contributed by atoms with Crippen LogP contribution in [0.3, 0.4) is 0 Å². The average molecular weight is 722 g/mol. The van der Waals surface area contributed by atoms with Gasteiger partial charge in [-0.3, -0.25) is 19.8 Å². The van der Waals surface area contributed by atoms with Crippen molar-refractivity contribution in [2.24, 2.45) is 11.8 Å². The Labute approximate surface area is 301 Å². The van der Waals surface area contributed by atoms with E-state index >= 15 is 0 Å². The Morgan fingerprint density at radius 1 is 1.06 bits per heavy atom. The molecule has 0 bridgehead atoms. The molecule has 2 aromatic carbocycles. The van der Waals surface area contributed by atoms with Gasteiger partial charge in [0.1, 0.15) is 17.4 Å². The molecule has 1 amide bonds. The fourth-order valence-electron chi connectivity index (χ4n) is 7.64. The second-order valence-electron chi connectivity index (χ2n) is 14.2. The van der Waals surface area contributed by atoms with E-state index in [2.05, 4.69) is 37.3 Å². The Kier molecular flexibility index (Phi) is 11.5. The number of hydrogen-bond acceptors (Lipinski definition) is 9. The summed E-state index contributed by atoms with van der Waals surface area (Å²) in [7, 11) is 1.61. The number of non-ortho nitro benzene ring substituents is 1. The topological polar surface area (TPSA) is 126 Å². The first kappa shape index (κ1) is 37.3. The lowest BCUT2D eigenvalue weighted by Crippen LogP contribution is -2.50. The number of aromatic nitrogens is 2. The quantitative estimate of drug-likeness (QED) is 0.153. The summed E-state index contributed by atoms with van der Waals surface area (Å²) in [6, 6.07) is 5.66. The molecule has 14 heteroatoms. The SMILES string of the molecule is COc1cc2nc(C)nc(N[C@H](C)c3cc([N+](=O)[O-])cc(C(F)(F)F)c3)c2cc1C1CCC(C(=O)N2CCN(CC#CC3CCNCC3)CC2)CC1. The standard InChI is InChI=1S/C38H46F3N7O4/c1-24(29-19-30(38(39,40)41)21-31(20-29)48(50)51)43-36-33-22-32(35(52-3)23-34(33)44-25(2)45-36)27-6-8-28(9-7-27)37(49)47-17-15-46(16-18-47)14-4-5-26-10-12-42-13-11-26/h19-24,26-28,42H,6-18H2,1-3H3,(H,43,44,45)/t24-,27?,28?/m1/s1. The molecule has 2 saturated heterocycles. The maximum absolute atomic E-state index is 13.6. The van der Waals surface area contributed by atoms with E-state index in [4.69, 9.17) is 4.74 Å². The predicted molar refractivity (Wildman–Crippen MR) is 192 cm³/mol. The summed E-state index contributed by atoms with van der Waals surface area (Å²) >= 11 is 0.